The monoisotopic (exact) mass is 597 g/mol. The summed E-state index contributed by atoms with van der Waals surface area (Å²) in [5.74, 6) is -0.706. The highest BCUT2D eigenvalue weighted by atomic mass is 35.5. The molecule has 3 aromatic carbocycles. The highest BCUT2D eigenvalue weighted by Gasteiger charge is 2.34. The highest BCUT2D eigenvalue weighted by molar-refractivity contribution is 7.92. The first kappa shape index (κ1) is 32.2. The lowest BCUT2D eigenvalue weighted by Crippen LogP contribution is -2.53. The maximum atomic E-state index is 14.1. The molecule has 1 atom stereocenters. The van der Waals surface area contributed by atoms with Crippen LogP contribution in [0.3, 0.4) is 0 Å². The molecule has 9 heteroatoms. The summed E-state index contributed by atoms with van der Waals surface area (Å²) in [4.78, 5) is 29.0. The number of anilines is 1. The summed E-state index contributed by atoms with van der Waals surface area (Å²) >= 11 is 6.40. The number of amides is 2. The molecule has 3 rings (SSSR count). The summed E-state index contributed by atoms with van der Waals surface area (Å²) in [6, 6.07) is 20.4. The minimum Gasteiger partial charge on any atom is -0.354 e. The molecule has 0 heterocycles. The SMILES string of the molecule is CCCCNC(=O)[C@H](CC)N(CCc1ccccc1)C(=O)CN(c1cccc(Cl)c1C)S(=O)(=O)c1ccc(C)cc1. The molecular weight excluding hydrogens is 558 g/mol. The maximum Gasteiger partial charge on any atom is 0.264 e. The molecule has 3 aromatic rings. The molecule has 0 saturated carbocycles. The van der Waals surface area contributed by atoms with E-state index in [2.05, 4.69) is 5.32 Å². The van der Waals surface area contributed by atoms with Gasteiger partial charge in [0.1, 0.15) is 12.6 Å². The molecule has 41 heavy (non-hydrogen) atoms. The van der Waals surface area contributed by atoms with E-state index in [0.717, 1.165) is 28.3 Å². The lowest BCUT2D eigenvalue weighted by molar-refractivity contribution is -0.139. The largest absolute Gasteiger partial charge is 0.354 e. The number of halogens is 1. The molecule has 2 amide bonds. The standard InChI is InChI=1S/C32H40ClN3O4S/c1-5-7-21-34-32(38)29(6-2)35(22-20-26-12-9-8-10-13-26)31(37)23-36(30-15-11-14-28(33)25(30)4)41(39,40)27-18-16-24(3)17-19-27/h8-19,29H,5-7,20-23H2,1-4H3,(H,34,38)/t29-/m0/s1. The Hall–Kier alpha value is -3.36. The molecule has 0 radical (unpaired) electrons. The molecule has 0 spiro atoms. The van der Waals surface area contributed by atoms with Crippen molar-refractivity contribution in [3.05, 3.63) is 94.5 Å². The van der Waals surface area contributed by atoms with Crippen LogP contribution in [0.5, 0.6) is 0 Å². The van der Waals surface area contributed by atoms with E-state index in [4.69, 9.17) is 11.6 Å². The Bertz CT molecular complexity index is 1410. The third-order valence-corrected chi connectivity index (χ3v) is 9.28. The Balaban J connectivity index is 2.02. The molecule has 0 unspecified atom stereocenters. The Morgan fingerprint density at radius 1 is 0.927 bits per heavy atom. The van der Waals surface area contributed by atoms with E-state index in [9.17, 15) is 18.0 Å². The number of aryl methyl sites for hydroxylation is 1. The van der Waals surface area contributed by atoms with Gasteiger partial charge in [0.25, 0.3) is 10.0 Å². The zero-order valence-electron chi connectivity index (χ0n) is 24.3. The van der Waals surface area contributed by atoms with Crippen molar-refractivity contribution in [3.63, 3.8) is 0 Å². The van der Waals surface area contributed by atoms with Gasteiger partial charge in [-0.2, -0.15) is 0 Å². The van der Waals surface area contributed by atoms with E-state index >= 15 is 0 Å². The van der Waals surface area contributed by atoms with Gasteiger partial charge in [-0.15, -0.1) is 0 Å². The third-order valence-electron chi connectivity index (χ3n) is 7.10. The van der Waals surface area contributed by atoms with Gasteiger partial charge >= 0.3 is 0 Å². The Labute approximate surface area is 249 Å². The van der Waals surface area contributed by atoms with E-state index in [1.807, 2.05) is 51.1 Å². The van der Waals surface area contributed by atoms with E-state index in [-0.39, 0.29) is 17.3 Å². The summed E-state index contributed by atoms with van der Waals surface area (Å²) in [5.41, 5.74) is 2.78. The van der Waals surface area contributed by atoms with Crippen molar-refractivity contribution in [2.24, 2.45) is 0 Å². The number of benzene rings is 3. The van der Waals surface area contributed by atoms with Gasteiger partial charge in [0.2, 0.25) is 11.8 Å². The first-order valence-corrected chi connectivity index (χ1v) is 15.9. The van der Waals surface area contributed by atoms with Crippen LogP contribution < -0.4 is 9.62 Å². The minimum atomic E-state index is -4.15. The van der Waals surface area contributed by atoms with Gasteiger partial charge in [0.05, 0.1) is 10.6 Å². The van der Waals surface area contributed by atoms with Crippen LogP contribution in [0.1, 0.15) is 49.8 Å². The quantitative estimate of drug-likeness (QED) is 0.234. The lowest BCUT2D eigenvalue weighted by Gasteiger charge is -2.33. The zero-order valence-corrected chi connectivity index (χ0v) is 25.8. The maximum absolute atomic E-state index is 14.1. The number of nitrogens with zero attached hydrogens (tertiary/aromatic N) is 2. The minimum absolute atomic E-state index is 0.0652. The third kappa shape index (κ3) is 8.33. The number of nitrogens with one attached hydrogen (secondary N) is 1. The molecule has 0 aliphatic carbocycles. The normalized spacial score (nSPS) is 12.0. The molecule has 0 aromatic heterocycles. The van der Waals surface area contributed by atoms with Gasteiger partial charge < -0.3 is 10.2 Å². The van der Waals surface area contributed by atoms with Crippen LogP contribution in [0.2, 0.25) is 5.02 Å². The van der Waals surface area contributed by atoms with E-state index in [1.165, 1.54) is 17.0 Å². The molecule has 0 aliphatic heterocycles. The van der Waals surface area contributed by atoms with Crippen molar-refractivity contribution in [1.29, 1.82) is 0 Å². The topological polar surface area (TPSA) is 86.8 Å². The average Bonchev–Trinajstić information content (AvgIpc) is 2.96. The number of hydrogen-bond donors (Lipinski definition) is 1. The number of carbonyl (C=O) groups excluding carboxylic acids is 2. The number of carbonyl (C=O) groups is 2. The Morgan fingerprint density at radius 2 is 1.61 bits per heavy atom. The smallest absolute Gasteiger partial charge is 0.264 e. The molecule has 7 nitrogen and oxygen atoms in total. The second-order valence-electron chi connectivity index (χ2n) is 10.1. The Morgan fingerprint density at radius 3 is 2.24 bits per heavy atom. The van der Waals surface area contributed by atoms with Gasteiger partial charge in [0, 0.05) is 18.1 Å². The summed E-state index contributed by atoms with van der Waals surface area (Å²) in [5, 5.41) is 3.34. The van der Waals surface area contributed by atoms with Crippen LogP contribution in [0, 0.1) is 13.8 Å². The second-order valence-corrected chi connectivity index (χ2v) is 12.4. The van der Waals surface area contributed by atoms with Gasteiger partial charge in [-0.3, -0.25) is 13.9 Å². The van der Waals surface area contributed by atoms with Crippen molar-refractivity contribution in [2.45, 2.75) is 64.3 Å². The van der Waals surface area contributed by atoms with Crippen molar-refractivity contribution >= 4 is 39.1 Å². The van der Waals surface area contributed by atoms with E-state index < -0.39 is 28.5 Å². The summed E-state index contributed by atoms with van der Waals surface area (Å²) in [7, 11) is -4.15. The molecule has 0 bridgehead atoms. The fraction of sp³-hybridized carbons (Fsp3) is 0.375. The first-order valence-electron chi connectivity index (χ1n) is 14.1. The van der Waals surface area contributed by atoms with Crippen LogP contribution in [-0.2, 0) is 26.0 Å². The van der Waals surface area contributed by atoms with Crippen molar-refractivity contribution in [1.82, 2.24) is 10.2 Å². The fourth-order valence-electron chi connectivity index (χ4n) is 4.62. The predicted molar refractivity (Wildman–Crippen MR) is 166 cm³/mol. The first-order chi connectivity index (χ1) is 19.6. The van der Waals surface area contributed by atoms with Gasteiger partial charge in [-0.25, -0.2) is 8.42 Å². The Kier molecular flexibility index (Phi) is 11.8. The number of hydrogen-bond acceptors (Lipinski definition) is 4. The molecule has 220 valence electrons. The van der Waals surface area contributed by atoms with E-state index in [1.54, 1.807) is 37.3 Å². The van der Waals surface area contributed by atoms with Crippen molar-refractivity contribution in [3.8, 4) is 0 Å². The molecule has 0 aliphatic rings. The van der Waals surface area contributed by atoms with Crippen LogP contribution in [0.25, 0.3) is 0 Å². The summed E-state index contributed by atoms with van der Waals surface area (Å²) in [6.45, 7) is 7.79. The molecule has 0 fully saturated rings. The number of sulfonamides is 1. The molecular formula is C32H40ClN3O4S. The average molecular weight is 598 g/mol. The zero-order chi connectivity index (χ0) is 30.0. The van der Waals surface area contributed by atoms with E-state index in [0.29, 0.717) is 35.7 Å². The van der Waals surface area contributed by atoms with Crippen LogP contribution in [0.4, 0.5) is 5.69 Å². The predicted octanol–water partition coefficient (Wildman–Crippen LogP) is 5.92. The summed E-state index contributed by atoms with van der Waals surface area (Å²) < 4.78 is 29.2. The van der Waals surface area contributed by atoms with Crippen LogP contribution in [0.15, 0.2) is 77.7 Å². The van der Waals surface area contributed by atoms with Crippen LogP contribution in [-0.4, -0.2) is 50.8 Å². The highest BCUT2D eigenvalue weighted by Crippen LogP contribution is 2.31. The number of rotatable bonds is 14. The van der Waals surface area contributed by atoms with Crippen molar-refractivity contribution < 1.29 is 18.0 Å². The summed E-state index contributed by atoms with van der Waals surface area (Å²) in [6.07, 6.45) is 2.67. The van der Waals surface area contributed by atoms with Gasteiger partial charge in [-0.1, -0.05) is 86.0 Å². The second kappa shape index (κ2) is 15.0. The fourth-order valence-corrected chi connectivity index (χ4v) is 6.26. The van der Waals surface area contributed by atoms with Crippen molar-refractivity contribution in [2.75, 3.05) is 23.9 Å². The number of unbranched alkanes of at least 4 members (excludes halogenated alkanes) is 1. The molecule has 1 N–H and O–H groups in total. The lowest BCUT2D eigenvalue weighted by atomic mass is 10.1. The van der Waals surface area contributed by atoms with Gasteiger partial charge in [0.15, 0.2) is 0 Å². The van der Waals surface area contributed by atoms with Crippen LogP contribution >= 0.6 is 11.6 Å². The molecule has 0 saturated heterocycles. The van der Waals surface area contributed by atoms with Gasteiger partial charge in [-0.05, 0) is 68.5 Å².